The highest BCUT2D eigenvalue weighted by molar-refractivity contribution is 6.37. The van der Waals surface area contributed by atoms with Gasteiger partial charge in [0.2, 0.25) is 0 Å². The zero-order valence-electron chi connectivity index (χ0n) is 17.9. The summed E-state index contributed by atoms with van der Waals surface area (Å²) in [5.41, 5.74) is 0.369. The molecule has 0 aliphatic heterocycles. The number of hydrogen-bond acceptors (Lipinski definition) is 4. The maximum atomic E-state index is 12.1. The Bertz CT molecular complexity index is 878. The molecule has 0 aliphatic rings. The first-order valence-electron chi connectivity index (χ1n) is 9.60. The van der Waals surface area contributed by atoms with Gasteiger partial charge in [-0.15, -0.1) is 0 Å². The summed E-state index contributed by atoms with van der Waals surface area (Å²) in [6, 6.07) is 5.57. The zero-order chi connectivity index (χ0) is 21.8. The molecular formula is C21H30ClN3O4. The van der Waals surface area contributed by atoms with Gasteiger partial charge in [-0.3, -0.25) is 5.32 Å². The van der Waals surface area contributed by atoms with E-state index in [4.69, 9.17) is 21.1 Å². The van der Waals surface area contributed by atoms with Crippen LogP contribution in [0, 0.1) is 0 Å². The number of aromatic nitrogens is 1. The molecule has 1 heterocycles. The average molecular weight is 424 g/mol. The van der Waals surface area contributed by atoms with Crippen molar-refractivity contribution in [2.24, 2.45) is 0 Å². The summed E-state index contributed by atoms with van der Waals surface area (Å²) in [5, 5.41) is 6.79. The number of ether oxygens (including phenoxy) is 2. The third kappa shape index (κ3) is 7.16. The molecule has 0 bridgehead atoms. The molecule has 8 heteroatoms. The summed E-state index contributed by atoms with van der Waals surface area (Å²) in [5.74, 6) is 0. The molecule has 2 aromatic rings. The fraction of sp³-hybridized carbons (Fsp3) is 0.524. The number of anilines is 1. The Balaban J connectivity index is 2.03. The molecule has 2 N–H and O–H groups in total. The van der Waals surface area contributed by atoms with E-state index >= 15 is 0 Å². The van der Waals surface area contributed by atoms with Gasteiger partial charge >= 0.3 is 12.2 Å². The van der Waals surface area contributed by atoms with Crippen LogP contribution in [-0.4, -0.2) is 34.5 Å². The van der Waals surface area contributed by atoms with E-state index in [0.29, 0.717) is 30.2 Å². The Hall–Kier alpha value is -2.41. The second kappa shape index (κ2) is 8.95. The van der Waals surface area contributed by atoms with Gasteiger partial charge in [-0.1, -0.05) is 17.7 Å². The van der Waals surface area contributed by atoms with Gasteiger partial charge in [-0.2, -0.15) is 0 Å². The molecule has 0 unspecified atom stereocenters. The lowest BCUT2D eigenvalue weighted by molar-refractivity contribution is 0.0525. The minimum Gasteiger partial charge on any atom is -0.444 e. The molecule has 1 aromatic heterocycles. The number of alkyl carbamates (subject to hydrolysis) is 1. The molecular weight excluding hydrogens is 394 g/mol. The van der Waals surface area contributed by atoms with Crippen LogP contribution in [0.15, 0.2) is 24.4 Å². The SMILES string of the molecule is CC(C)(C)OC(=O)NCCCn1cc(Cl)c2c(NC(=O)OC(C)(C)C)cccc21. The topological polar surface area (TPSA) is 81.6 Å². The van der Waals surface area contributed by atoms with Crippen molar-refractivity contribution in [3.8, 4) is 0 Å². The summed E-state index contributed by atoms with van der Waals surface area (Å²) in [7, 11) is 0. The summed E-state index contributed by atoms with van der Waals surface area (Å²) in [6.45, 7) is 12.0. The number of halogens is 1. The molecule has 2 amide bonds. The van der Waals surface area contributed by atoms with Gasteiger partial charge in [0.1, 0.15) is 11.2 Å². The van der Waals surface area contributed by atoms with Crippen LogP contribution >= 0.6 is 11.6 Å². The average Bonchev–Trinajstić information content (AvgIpc) is 2.85. The molecule has 29 heavy (non-hydrogen) atoms. The summed E-state index contributed by atoms with van der Waals surface area (Å²) >= 11 is 6.43. The zero-order valence-corrected chi connectivity index (χ0v) is 18.6. The summed E-state index contributed by atoms with van der Waals surface area (Å²) in [6.07, 6.45) is 1.55. The fourth-order valence-corrected chi connectivity index (χ4v) is 3.07. The number of carbonyl (C=O) groups is 2. The largest absolute Gasteiger partial charge is 0.444 e. The van der Waals surface area contributed by atoms with Gasteiger partial charge in [0.15, 0.2) is 0 Å². The minimum atomic E-state index is -0.588. The lowest BCUT2D eigenvalue weighted by Gasteiger charge is -2.20. The number of aryl methyl sites for hydroxylation is 1. The second-order valence-corrected chi connectivity index (χ2v) is 9.19. The third-order valence-corrected chi connectivity index (χ3v) is 4.03. The molecule has 0 spiro atoms. The van der Waals surface area contributed by atoms with Gasteiger partial charge in [-0.05, 0) is 60.1 Å². The van der Waals surface area contributed by atoms with E-state index in [-0.39, 0.29) is 0 Å². The van der Waals surface area contributed by atoms with Gasteiger partial charge in [0, 0.05) is 24.7 Å². The Labute approximate surface area is 176 Å². The van der Waals surface area contributed by atoms with Crippen LogP contribution < -0.4 is 10.6 Å². The molecule has 0 fully saturated rings. The van der Waals surface area contributed by atoms with Crippen LogP contribution in [-0.2, 0) is 16.0 Å². The Morgan fingerprint density at radius 3 is 2.28 bits per heavy atom. The number of amides is 2. The Morgan fingerprint density at radius 1 is 1.03 bits per heavy atom. The Kier molecular flexibility index (Phi) is 7.06. The van der Waals surface area contributed by atoms with Crippen LogP contribution in [0.4, 0.5) is 15.3 Å². The lowest BCUT2D eigenvalue weighted by atomic mass is 10.2. The number of rotatable bonds is 5. The molecule has 0 saturated carbocycles. The monoisotopic (exact) mass is 423 g/mol. The van der Waals surface area contributed by atoms with Crippen molar-refractivity contribution in [3.63, 3.8) is 0 Å². The number of carbonyl (C=O) groups excluding carboxylic acids is 2. The van der Waals surface area contributed by atoms with E-state index in [9.17, 15) is 9.59 Å². The van der Waals surface area contributed by atoms with E-state index in [2.05, 4.69) is 10.6 Å². The van der Waals surface area contributed by atoms with Crippen molar-refractivity contribution in [2.45, 2.75) is 65.7 Å². The van der Waals surface area contributed by atoms with Crippen molar-refractivity contribution in [1.29, 1.82) is 0 Å². The highest BCUT2D eigenvalue weighted by Gasteiger charge is 2.19. The van der Waals surface area contributed by atoms with E-state index in [1.165, 1.54) is 0 Å². The molecule has 0 aliphatic carbocycles. The van der Waals surface area contributed by atoms with Gasteiger partial charge in [-0.25, -0.2) is 9.59 Å². The third-order valence-electron chi connectivity index (χ3n) is 3.74. The number of nitrogens with one attached hydrogen (secondary N) is 2. The van der Waals surface area contributed by atoms with Crippen molar-refractivity contribution >= 4 is 40.4 Å². The smallest absolute Gasteiger partial charge is 0.412 e. The van der Waals surface area contributed by atoms with Crippen LogP contribution in [0.3, 0.4) is 0 Å². The van der Waals surface area contributed by atoms with E-state index in [1.807, 2.05) is 64.4 Å². The van der Waals surface area contributed by atoms with E-state index in [0.717, 1.165) is 10.9 Å². The molecule has 160 valence electrons. The van der Waals surface area contributed by atoms with Gasteiger partial charge in [0.05, 0.1) is 16.2 Å². The molecule has 2 rings (SSSR count). The molecule has 1 aromatic carbocycles. The van der Waals surface area contributed by atoms with Crippen LogP contribution in [0.1, 0.15) is 48.0 Å². The first-order valence-corrected chi connectivity index (χ1v) is 9.98. The molecule has 7 nitrogen and oxygen atoms in total. The number of hydrogen-bond donors (Lipinski definition) is 2. The maximum Gasteiger partial charge on any atom is 0.412 e. The second-order valence-electron chi connectivity index (χ2n) is 8.78. The van der Waals surface area contributed by atoms with Crippen LogP contribution in [0.25, 0.3) is 10.9 Å². The first kappa shape index (κ1) is 22.9. The van der Waals surface area contributed by atoms with Crippen molar-refractivity contribution < 1.29 is 19.1 Å². The van der Waals surface area contributed by atoms with Crippen LogP contribution in [0.5, 0.6) is 0 Å². The quantitative estimate of drug-likeness (QED) is 0.617. The van der Waals surface area contributed by atoms with E-state index < -0.39 is 23.4 Å². The van der Waals surface area contributed by atoms with Crippen molar-refractivity contribution in [1.82, 2.24) is 9.88 Å². The first-order chi connectivity index (χ1) is 13.4. The number of nitrogens with zero attached hydrogens (tertiary/aromatic N) is 1. The fourth-order valence-electron chi connectivity index (χ4n) is 2.76. The Morgan fingerprint density at radius 2 is 1.66 bits per heavy atom. The predicted octanol–water partition coefficient (Wildman–Crippen LogP) is 5.56. The standard InChI is InChI=1S/C21H30ClN3O4/c1-20(2,3)28-18(26)23-11-8-12-25-13-14(22)17-15(9-7-10-16(17)25)24-19(27)29-21(4,5)6/h7,9-10,13H,8,11-12H2,1-6H3,(H,23,26)(H,24,27). The van der Waals surface area contributed by atoms with Crippen LogP contribution in [0.2, 0.25) is 5.02 Å². The van der Waals surface area contributed by atoms with E-state index in [1.54, 1.807) is 6.07 Å². The van der Waals surface area contributed by atoms with Gasteiger partial charge in [0.25, 0.3) is 0 Å². The highest BCUT2D eigenvalue weighted by atomic mass is 35.5. The van der Waals surface area contributed by atoms with Gasteiger partial charge < -0.3 is 19.4 Å². The summed E-state index contributed by atoms with van der Waals surface area (Å²) in [4.78, 5) is 23.8. The number of fused-ring (bicyclic) bond motifs is 1. The summed E-state index contributed by atoms with van der Waals surface area (Å²) < 4.78 is 12.5. The maximum absolute atomic E-state index is 12.1. The van der Waals surface area contributed by atoms with Crippen molar-refractivity contribution in [3.05, 3.63) is 29.4 Å². The highest BCUT2D eigenvalue weighted by Crippen LogP contribution is 2.32. The minimum absolute atomic E-state index is 0.434. The van der Waals surface area contributed by atoms with Crippen molar-refractivity contribution in [2.75, 3.05) is 11.9 Å². The normalized spacial score (nSPS) is 12.0. The lowest BCUT2D eigenvalue weighted by Crippen LogP contribution is -2.33. The molecule has 0 radical (unpaired) electrons. The molecule has 0 atom stereocenters. The predicted molar refractivity (Wildman–Crippen MR) is 116 cm³/mol. The molecule has 0 saturated heterocycles. The number of benzene rings is 1.